The standard InChI is InChI=1S/C18H23N3O2/c1-5-14-6-8-15(9-7-14)16(22)10-11-17(23)19-18-12(2)20-21(4)13(18)3/h6-9H,5,10-11H2,1-4H3,(H,19,23). The number of rotatable bonds is 6. The summed E-state index contributed by atoms with van der Waals surface area (Å²) in [5, 5.41) is 7.11. The lowest BCUT2D eigenvalue weighted by Gasteiger charge is -2.06. The first-order chi connectivity index (χ1) is 10.9. The summed E-state index contributed by atoms with van der Waals surface area (Å²) in [5.41, 5.74) is 4.26. The highest BCUT2D eigenvalue weighted by Gasteiger charge is 2.14. The van der Waals surface area contributed by atoms with E-state index < -0.39 is 0 Å². The van der Waals surface area contributed by atoms with Gasteiger partial charge in [0.05, 0.1) is 17.1 Å². The minimum Gasteiger partial charge on any atom is -0.323 e. The third kappa shape index (κ3) is 4.06. The fourth-order valence-electron chi connectivity index (χ4n) is 2.45. The smallest absolute Gasteiger partial charge is 0.224 e. The highest BCUT2D eigenvalue weighted by atomic mass is 16.2. The second-order valence-corrected chi connectivity index (χ2v) is 5.69. The van der Waals surface area contributed by atoms with Crippen LogP contribution in [-0.2, 0) is 18.3 Å². The molecule has 0 radical (unpaired) electrons. The molecular weight excluding hydrogens is 290 g/mol. The van der Waals surface area contributed by atoms with Crippen LogP contribution in [0.1, 0.15) is 47.1 Å². The first-order valence-corrected chi connectivity index (χ1v) is 7.84. The van der Waals surface area contributed by atoms with Crippen LogP contribution >= 0.6 is 0 Å². The summed E-state index contributed by atoms with van der Waals surface area (Å²) in [4.78, 5) is 24.2. The van der Waals surface area contributed by atoms with Crippen LogP contribution in [0.25, 0.3) is 0 Å². The van der Waals surface area contributed by atoms with Gasteiger partial charge in [0.15, 0.2) is 5.78 Å². The molecule has 0 bridgehead atoms. The van der Waals surface area contributed by atoms with Gasteiger partial charge >= 0.3 is 0 Å². The number of hydrogen-bond acceptors (Lipinski definition) is 3. The number of benzene rings is 1. The van der Waals surface area contributed by atoms with Crippen molar-refractivity contribution in [1.29, 1.82) is 0 Å². The van der Waals surface area contributed by atoms with E-state index in [1.165, 1.54) is 5.56 Å². The van der Waals surface area contributed by atoms with Gasteiger partial charge in [0, 0.05) is 25.5 Å². The number of nitrogens with one attached hydrogen (secondary N) is 1. The van der Waals surface area contributed by atoms with Gasteiger partial charge in [-0.2, -0.15) is 5.10 Å². The van der Waals surface area contributed by atoms with E-state index >= 15 is 0 Å². The van der Waals surface area contributed by atoms with Crippen molar-refractivity contribution in [3.63, 3.8) is 0 Å². The Morgan fingerprint density at radius 2 is 1.78 bits per heavy atom. The van der Waals surface area contributed by atoms with Gasteiger partial charge in [0.25, 0.3) is 0 Å². The van der Waals surface area contributed by atoms with Crippen molar-refractivity contribution in [3.8, 4) is 0 Å². The van der Waals surface area contributed by atoms with Crippen LogP contribution in [0.5, 0.6) is 0 Å². The summed E-state index contributed by atoms with van der Waals surface area (Å²) in [7, 11) is 1.83. The van der Waals surface area contributed by atoms with Crippen LogP contribution in [0.4, 0.5) is 5.69 Å². The highest BCUT2D eigenvalue weighted by Crippen LogP contribution is 2.19. The van der Waals surface area contributed by atoms with E-state index in [-0.39, 0.29) is 24.5 Å². The second kappa shape index (κ2) is 7.22. The summed E-state index contributed by atoms with van der Waals surface area (Å²) >= 11 is 0. The molecule has 1 aromatic heterocycles. The zero-order chi connectivity index (χ0) is 17.0. The number of hydrogen-bond donors (Lipinski definition) is 1. The van der Waals surface area contributed by atoms with E-state index in [1.807, 2.05) is 45.2 Å². The van der Waals surface area contributed by atoms with E-state index in [4.69, 9.17) is 0 Å². The molecule has 0 saturated carbocycles. The summed E-state index contributed by atoms with van der Waals surface area (Å²) < 4.78 is 1.73. The van der Waals surface area contributed by atoms with Gasteiger partial charge in [0.2, 0.25) is 5.91 Å². The molecule has 122 valence electrons. The molecule has 5 nitrogen and oxygen atoms in total. The van der Waals surface area contributed by atoms with E-state index in [0.717, 1.165) is 23.5 Å². The van der Waals surface area contributed by atoms with Crippen molar-refractivity contribution in [3.05, 3.63) is 46.8 Å². The number of Topliss-reactive ketones (excluding diaryl/α,β-unsaturated/α-hetero) is 1. The lowest BCUT2D eigenvalue weighted by atomic mass is 10.0. The quantitative estimate of drug-likeness (QED) is 0.833. The van der Waals surface area contributed by atoms with Gasteiger partial charge in [-0.05, 0) is 25.8 Å². The normalized spacial score (nSPS) is 10.6. The van der Waals surface area contributed by atoms with Crippen LogP contribution in [-0.4, -0.2) is 21.5 Å². The summed E-state index contributed by atoms with van der Waals surface area (Å²) in [6.45, 7) is 5.82. The Morgan fingerprint density at radius 3 is 2.30 bits per heavy atom. The number of nitrogens with zero attached hydrogens (tertiary/aromatic N) is 2. The third-order valence-corrected chi connectivity index (χ3v) is 4.04. The second-order valence-electron chi connectivity index (χ2n) is 5.69. The Bertz CT molecular complexity index is 715. The van der Waals surface area contributed by atoms with Crippen molar-refractivity contribution in [2.24, 2.45) is 7.05 Å². The van der Waals surface area contributed by atoms with Crippen molar-refractivity contribution < 1.29 is 9.59 Å². The molecule has 0 saturated heterocycles. The summed E-state index contributed by atoms with van der Waals surface area (Å²) in [6.07, 6.45) is 1.32. The lowest BCUT2D eigenvalue weighted by Crippen LogP contribution is -2.14. The molecule has 0 atom stereocenters. The largest absolute Gasteiger partial charge is 0.323 e. The number of carbonyl (C=O) groups excluding carboxylic acids is 2. The van der Waals surface area contributed by atoms with Crippen LogP contribution in [0.2, 0.25) is 0 Å². The molecule has 0 aliphatic carbocycles. The molecule has 1 N–H and O–H groups in total. The zero-order valence-electron chi connectivity index (χ0n) is 14.1. The van der Waals surface area contributed by atoms with E-state index in [0.29, 0.717) is 5.56 Å². The molecule has 0 unspecified atom stereocenters. The number of anilines is 1. The SMILES string of the molecule is CCc1ccc(C(=O)CCC(=O)Nc2c(C)nn(C)c2C)cc1. The minimum absolute atomic E-state index is 0.0116. The van der Waals surface area contributed by atoms with Crippen molar-refractivity contribution in [1.82, 2.24) is 9.78 Å². The highest BCUT2D eigenvalue weighted by molar-refractivity contribution is 6.00. The first-order valence-electron chi connectivity index (χ1n) is 7.84. The fraction of sp³-hybridized carbons (Fsp3) is 0.389. The Kier molecular flexibility index (Phi) is 5.32. The molecule has 0 fully saturated rings. The molecule has 0 aliphatic heterocycles. The molecule has 23 heavy (non-hydrogen) atoms. The molecule has 5 heteroatoms. The third-order valence-electron chi connectivity index (χ3n) is 4.04. The van der Waals surface area contributed by atoms with Gasteiger partial charge < -0.3 is 5.32 Å². The predicted octanol–water partition coefficient (Wildman–Crippen LogP) is 3.20. The molecule has 1 amide bonds. The topological polar surface area (TPSA) is 64.0 Å². The molecule has 0 spiro atoms. The van der Waals surface area contributed by atoms with Gasteiger partial charge in [0.1, 0.15) is 0 Å². The monoisotopic (exact) mass is 313 g/mol. The molecule has 0 aliphatic rings. The Hall–Kier alpha value is -2.43. The van der Waals surface area contributed by atoms with Crippen molar-refractivity contribution >= 4 is 17.4 Å². The lowest BCUT2D eigenvalue weighted by molar-refractivity contribution is -0.116. The van der Waals surface area contributed by atoms with Gasteiger partial charge in [-0.1, -0.05) is 31.2 Å². The molecule has 2 rings (SSSR count). The van der Waals surface area contributed by atoms with E-state index in [2.05, 4.69) is 17.3 Å². The Morgan fingerprint density at radius 1 is 1.13 bits per heavy atom. The van der Waals surface area contributed by atoms with Crippen LogP contribution in [0.3, 0.4) is 0 Å². The van der Waals surface area contributed by atoms with Gasteiger partial charge in [-0.25, -0.2) is 0 Å². The van der Waals surface area contributed by atoms with Crippen molar-refractivity contribution in [2.75, 3.05) is 5.32 Å². The fourth-order valence-corrected chi connectivity index (χ4v) is 2.45. The maximum absolute atomic E-state index is 12.1. The average molecular weight is 313 g/mol. The number of amides is 1. The summed E-state index contributed by atoms with van der Waals surface area (Å²) in [6, 6.07) is 7.56. The number of aromatic nitrogens is 2. The Labute approximate surface area is 136 Å². The minimum atomic E-state index is -0.164. The van der Waals surface area contributed by atoms with Crippen LogP contribution in [0, 0.1) is 13.8 Å². The van der Waals surface area contributed by atoms with E-state index in [9.17, 15) is 9.59 Å². The van der Waals surface area contributed by atoms with Crippen LogP contribution in [0.15, 0.2) is 24.3 Å². The van der Waals surface area contributed by atoms with Gasteiger partial charge in [-0.3, -0.25) is 14.3 Å². The van der Waals surface area contributed by atoms with E-state index in [1.54, 1.807) is 4.68 Å². The first kappa shape index (κ1) is 16.9. The number of carbonyl (C=O) groups is 2. The van der Waals surface area contributed by atoms with Gasteiger partial charge in [-0.15, -0.1) is 0 Å². The molecule has 2 aromatic rings. The zero-order valence-corrected chi connectivity index (χ0v) is 14.1. The Balaban J connectivity index is 1.92. The molecule has 1 heterocycles. The van der Waals surface area contributed by atoms with Crippen LogP contribution < -0.4 is 5.32 Å². The predicted molar refractivity (Wildman–Crippen MR) is 90.7 cm³/mol. The maximum Gasteiger partial charge on any atom is 0.224 e. The number of ketones is 1. The molecule has 1 aromatic carbocycles. The summed E-state index contributed by atoms with van der Waals surface area (Å²) in [5.74, 6) is -0.176. The number of aryl methyl sites for hydroxylation is 3. The average Bonchev–Trinajstić information content (AvgIpc) is 2.79. The van der Waals surface area contributed by atoms with Crippen molar-refractivity contribution in [2.45, 2.75) is 40.0 Å². The molecular formula is C18H23N3O2. The maximum atomic E-state index is 12.1.